The van der Waals surface area contributed by atoms with E-state index in [1.807, 2.05) is 12.1 Å². The van der Waals surface area contributed by atoms with Crippen molar-refractivity contribution >= 4 is 11.6 Å². The van der Waals surface area contributed by atoms with Gasteiger partial charge in [-0.15, -0.1) is 0 Å². The Balaban J connectivity index is 1.83. The predicted molar refractivity (Wildman–Crippen MR) is 85.5 cm³/mol. The molecular formula is C18H20ClN. The summed E-state index contributed by atoms with van der Waals surface area (Å²) in [4.78, 5) is 0. The summed E-state index contributed by atoms with van der Waals surface area (Å²) < 4.78 is 0. The molecule has 3 rings (SSSR count). The van der Waals surface area contributed by atoms with Crippen molar-refractivity contribution in [2.45, 2.75) is 25.2 Å². The van der Waals surface area contributed by atoms with Crippen LogP contribution in [0.15, 0.2) is 48.5 Å². The summed E-state index contributed by atoms with van der Waals surface area (Å²) in [5, 5.41) is 4.23. The molecule has 1 aliphatic rings. The first-order chi connectivity index (χ1) is 9.72. The quantitative estimate of drug-likeness (QED) is 0.896. The fourth-order valence-corrected chi connectivity index (χ4v) is 3.07. The lowest BCUT2D eigenvalue weighted by Gasteiger charge is -2.43. The van der Waals surface area contributed by atoms with E-state index in [1.165, 1.54) is 16.7 Å². The lowest BCUT2D eigenvalue weighted by atomic mass is 9.71. The highest BCUT2D eigenvalue weighted by Crippen LogP contribution is 2.33. The van der Waals surface area contributed by atoms with Crippen LogP contribution in [0.25, 0.3) is 0 Å². The van der Waals surface area contributed by atoms with Gasteiger partial charge in [0.2, 0.25) is 0 Å². The van der Waals surface area contributed by atoms with E-state index >= 15 is 0 Å². The van der Waals surface area contributed by atoms with Gasteiger partial charge in [-0.2, -0.15) is 0 Å². The molecule has 2 heteroatoms. The van der Waals surface area contributed by atoms with E-state index in [-0.39, 0.29) is 5.41 Å². The SMILES string of the molecule is CCc1ccc(CC2(c3ccc(Cl)cc3)CNC2)cc1. The fourth-order valence-electron chi connectivity index (χ4n) is 2.94. The van der Waals surface area contributed by atoms with Crippen LogP contribution in [0.1, 0.15) is 23.6 Å². The minimum absolute atomic E-state index is 0.234. The largest absolute Gasteiger partial charge is 0.315 e. The Morgan fingerprint density at radius 2 is 1.55 bits per heavy atom. The van der Waals surface area contributed by atoms with Gasteiger partial charge in [0, 0.05) is 23.5 Å². The molecule has 2 aromatic carbocycles. The third kappa shape index (κ3) is 2.61. The van der Waals surface area contributed by atoms with Crippen LogP contribution >= 0.6 is 11.6 Å². The summed E-state index contributed by atoms with van der Waals surface area (Å²) in [6.45, 7) is 4.29. The summed E-state index contributed by atoms with van der Waals surface area (Å²) in [6.07, 6.45) is 2.19. The Hall–Kier alpha value is -1.31. The summed E-state index contributed by atoms with van der Waals surface area (Å²) in [5.74, 6) is 0. The maximum absolute atomic E-state index is 6.00. The minimum Gasteiger partial charge on any atom is -0.315 e. The third-order valence-corrected chi connectivity index (χ3v) is 4.61. The summed E-state index contributed by atoms with van der Waals surface area (Å²) in [5.41, 5.74) is 4.44. The van der Waals surface area contributed by atoms with Crippen molar-refractivity contribution in [2.75, 3.05) is 13.1 Å². The van der Waals surface area contributed by atoms with E-state index in [1.54, 1.807) is 0 Å². The van der Waals surface area contributed by atoms with Gasteiger partial charge >= 0.3 is 0 Å². The zero-order valence-corrected chi connectivity index (χ0v) is 12.6. The highest BCUT2D eigenvalue weighted by atomic mass is 35.5. The van der Waals surface area contributed by atoms with Gasteiger partial charge in [0.25, 0.3) is 0 Å². The number of nitrogens with one attached hydrogen (secondary N) is 1. The monoisotopic (exact) mass is 285 g/mol. The third-order valence-electron chi connectivity index (χ3n) is 4.36. The van der Waals surface area contributed by atoms with Gasteiger partial charge in [-0.05, 0) is 41.7 Å². The molecule has 0 aromatic heterocycles. The average molecular weight is 286 g/mol. The minimum atomic E-state index is 0.234. The molecule has 0 unspecified atom stereocenters. The van der Waals surface area contributed by atoms with Crippen molar-refractivity contribution in [3.63, 3.8) is 0 Å². The lowest BCUT2D eigenvalue weighted by molar-refractivity contribution is 0.275. The van der Waals surface area contributed by atoms with Crippen molar-refractivity contribution in [3.05, 3.63) is 70.2 Å². The molecule has 0 atom stereocenters. The second-order valence-electron chi connectivity index (χ2n) is 5.74. The van der Waals surface area contributed by atoms with E-state index in [4.69, 9.17) is 11.6 Å². The molecule has 0 bridgehead atoms. The van der Waals surface area contributed by atoms with Gasteiger partial charge in [-0.1, -0.05) is 54.9 Å². The van der Waals surface area contributed by atoms with Crippen LogP contribution in [0, 0.1) is 0 Å². The molecule has 0 spiro atoms. The molecule has 0 amide bonds. The van der Waals surface area contributed by atoms with E-state index < -0.39 is 0 Å². The van der Waals surface area contributed by atoms with Crippen LogP contribution in [0.3, 0.4) is 0 Å². The molecule has 1 N–H and O–H groups in total. The zero-order chi connectivity index (χ0) is 14.0. The fraction of sp³-hybridized carbons (Fsp3) is 0.333. The molecule has 1 saturated heterocycles. The first kappa shape index (κ1) is 13.7. The highest BCUT2D eigenvalue weighted by molar-refractivity contribution is 6.30. The number of hydrogen-bond donors (Lipinski definition) is 1. The molecule has 1 fully saturated rings. The number of rotatable bonds is 4. The molecule has 0 aliphatic carbocycles. The highest BCUT2D eigenvalue weighted by Gasteiger charge is 2.38. The second kappa shape index (κ2) is 5.59. The van der Waals surface area contributed by atoms with Gasteiger partial charge in [0.05, 0.1) is 0 Å². The maximum atomic E-state index is 6.00. The number of halogens is 1. The first-order valence-corrected chi connectivity index (χ1v) is 7.64. The number of hydrogen-bond acceptors (Lipinski definition) is 1. The Morgan fingerprint density at radius 1 is 0.950 bits per heavy atom. The van der Waals surface area contributed by atoms with Crippen LogP contribution < -0.4 is 5.32 Å². The van der Waals surface area contributed by atoms with Crippen molar-refractivity contribution in [1.29, 1.82) is 0 Å². The van der Waals surface area contributed by atoms with Gasteiger partial charge < -0.3 is 5.32 Å². The predicted octanol–water partition coefficient (Wildman–Crippen LogP) is 3.99. The van der Waals surface area contributed by atoms with Crippen LogP contribution in [0.4, 0.5) is 0 Å². The number of aryl methyl sites for hydroxylation is 1. The Kier molecular flexibility index (Phi) is 3.82. The van der Waals surface area contributed by atoms with Crippen molar-refractivity contribution < 1.29 is 0 Å². The molecule has 20 heavy (non-hydrogen) atoms. The van der Waals surface area contributed by atoms with Crippen molar-refractivity contribution in [3.8, 4) is 0 Å². The second-order valence-corrected chi connectivity index (χ2v) is 6.17. The Labute approximate surface area is 126 Å². The van der Waals surface area contributed by atoms with Crippen molar-refractivity contribution in [2.24, 2.45) is 0 Å². The van der Waals surface area contributed by atoms with E-state index in [0.29, 0.717) is 0 Å². The van der Waals surface area contributed by atoms with E-state index in [0.717, 1.165) is 31.0 Å². The maximum Gasteiger partial charge on any atom is 0.0406 e. The molecular weight excluding hydrogens is 266 g/mol. The van der Waals surface area contributed by atoms with E-state index in [9.17, 15) is 0 Å². The smallest absolute Gasteiger partial charge is 0.0406 e. The molecule has 1 nitrogen and oxygen atoms in total. The van der Waals surface area contributed by atoms with E-state index in [2.05, 4.69) is 48.6 Å². The summed E-state index contributed by atoms with van der Waals surface area (Å²) in [7, 11) is 0. The van der Waals surface area contributed by atoms with Crippen LogP contribution in [-0.2, 0) is 18.3 Å². The van der Waals surface area contributed by atoms with Gasteiger partial charge in [-0.25, -0.2) is 0 Å². The first-order valence-electron chi connectivity index (χ1n) is 7.26. The lowest BCUT2D eigenvalue weighted by Crippen LogP contribution is -2.58. The van der Waals surface area contributed by atoms with Crippen LogP contribution in [0.5, 0.6) is 0 Å². The van der Waals surface area contributed by atoms with Crippen LogP contribution in [-0.4, -0.2) is 13.1 Å². The average Bonchev–Trinajstić information content (AvgIpc) is 2.45. The molecule has 1 aliphatic heterocycles. The van der Waals surface area contributed by atoms with Crippen molar-refractivity contribution in [1.82, 2.24) is 5.32 Å². The van der Waals surface area contributed by atoms with Crippen LogP contribution in [0.2, 0.25) is 5.02 Å². The molecule has 1 heterocycles. The zero-order valence-electron chi connectivity index (χ0n) is 11.8. The topological polar surface area (TPSA) is 12.0 Å². The molecule has 104 valence electrons. The van der Waals surface area contributed by atoms with Gasteiger partial charge in [-0.3, -0.25) is 0 Å². The summed E-state index contributed by atoms with van der Waals surface area (Å²) >= 11 is 6.00. The number of benzene rings is 2. The Morgan fingerprint density at radius 3 is 2.05 bits per heavy atom. The molecule has 2 aromatic rings. The van der Waals surface area contributed by atoms with Gasteiger partial charge in [0.15, 0.2) is 0 Å². The summed E-state index contributed by atoms with van der Waals surface area (Å²) in [6, 6.07) is 17.4. The van der Waals surface area contributed by atoms with Gasteiger partial charge in [0.1, 0.15) is 0 Å². The molecule has 0 radical (unpaired) electrons. The standard InChI is InChI=1S/C18H20ClN/c1-2-14-3-5-15(6-4-14)11-18(12-20-13-18)16-7-9-17(19)10-8-16/h3-10,20H,2,11-13H2,1H3. The Bertz CT molecular complexity index is 567. The normalized spacial score (nSPS) is 16.7. The molecule has 0 saturated carbocycles.